The summed E-state index contributed by atoms with van der Waals surface area (Å²) in [6.45, 7) is 9.37. The van der Waals surface area contributed by atoms with Crippen molar-refractivity contribution >= 4 is 10.9 Å². The molecule has 1 N–H and O–H groups in total. The Labute approximate surface area is 194 Å². The first-order valence-electron chi connectivity index (χ1n) is 11.7. The van der Waals surface area contributed by atoms with Gasteiger partial charge in [0.1, 0.15) is 0 Å². The second-order valence-electron chi connectivity index (χ2n) is 8.91. The largest absolute Gasteiger partial charge is 0.383 e. The number of rotatable bonds is 10. The number of ether oxygens (including phenoxy) is 2. The molecule has 3 heterocycles. The monoisotopic (exact) mass is 454 g/mol. The lowest BCUT2D eigenvalue weighted by molar-refractivity contribution is 0.0484. The van der Waals surface area contributed by atoms with Crippen LogP contribution in [0.4, 0.5) is 0 Å². The molecule has 1 fully saturated rings. The van der Waals surface area contributed by atoms with E-state index in [1.165, 1.54) is 0 Å². The zero-order chi connectivity index (χ0) is 23.4. The Bertz CT molecular complexity index is 1130. The number of tetrazole rings is 1. The van der Waals surface area contributed by atoms with Gasteiger partial charge in [0.15, 0.2) is 5.82 Å². The highest BCUT2D eigenvalue weighted by Gasteiger charge is 2.29. The molecule has 0 amide bonds. The molecule has 0 bridgehead atoms. The van der Waals surface area contributed by atoms with Crippen molar-refractivity contribution in [2.75, 3.05) is 26.9 Å². The number of fused-ring (bicyclic) bond motifs is 1. The first-order valence-corrected chi connectivity index (χ1v) is 11.7. The normalized spacial score (nSPS) is 17.3. The van der Waals surface area contributed by atoms with Crippen molar-refractivity contribution in [2.24, 2.45) is 0 Å². The maximum Gasteiger partial charge on any atom is 0.252 e. The van der Waals surface area contributed by atoms with Gasteiger partial charge in [-0.15, -0.1) is 5.10 Å². The summed E-state index contributed by atoms with van der Waals surface area (Å²) in [5.41, 5.74) is 3.85. The van der Waals surface area contributed by atoms with Crippen molar-refractivity contribution in [2.45, 2.75) is 65.3 Å². The highest BCUT2D eigenvalue weighted by molar-refractivity contribution is 5.83. The van der Waals surface area contributed by atoms with Gasteiger partial charge in [-0.25, -0.2) is 4.68 Å². The quantitative estimate of drug-likeness (QED) is 0.503. The minimum Gasteiger partial charge on any atom is -0.383 e. The fourth-order valence-electron chi connectivity index (χ4n) is 4.80. The van der Waals surface area contributed by atoms with Crippen LogP contribution < -0.4 is 5.56 Å². The molecular formula is C24H34N6O3. The van der Waals surface area contributed by atoms with Crippen LogP contribution in [0.3, 0.4) is 0 Å². The van der Waals surface area contributed by atoms with Gasteiger partial charge in [-0.2, -0.15) is 0 Å². The van der Waals surface area contributed by atoms with Crippen molar-refractivity contribution in [3.05, 3.63) is 51.1 Å². The van der Waals surface area contributed by atoms with Crippen LogP contribution in [-0.4, -0.2) is 63.1 Å². The molecule has 33 heavy (non-hydrogen) atoms. The van der Waals surface area contributed by atoms with Gasteiger partial charge in [0.2, 0.25) is 0 Å². The lowest BCUT2D eigenvalue weighted by Gasteiger charge is -2.32. The molecule has 0 spiro atoms. The summed E-state index contributed by atoms with van der Waals surface area (Å²) in [4.78, 5) is 18.4. The molecule has 1 aliphatic rings. The number of hydrogen-bond acceptors (Lipinski definition) is 7. The summed E-state index contributed by atoms with van der Waals surface area (Å²) in [5.74, 6) is 0.788. The Morgan fingerprint density at radius 1 is 1.33 bits per heavy atom. The smallest absolute Gasteiger partial charge is 0.252 e. The SMILES string of the molecule is CCC(c1nnnn1CCOC)N(Cc1cc2c(C)cc(C)cc2[nH]c1=O)CC1CCCO1. The Morgan fingerprint density at radius 3 is 2.91 bits per heavy atom. The Hall–Kier alpha value is -2.62. The zero-order valence-electron chi connectivity index (χ0n) is 20.0. The van der Waals surface area contributed by atoms with Crippen LogP contribution in [0.25, 0.3) is 10.9 Å². The highest BCUT2D eigenvalue weighted by atomic mass is 16.5. The van der Waals surface area contributed by atoms with Crippen molar-refractivity contribution in [3.63, 3.8) is 0 Å². The number of hydrogen-bond donors (Lipinski definition) is 1. The summed E-state index contributed by atoms with van der Waals surface area (Å²) in [6, 6.07) is 6.16. The van der Waals surface area contributed by atoms with E-state index in [0.717, 1.165) is 65.8 Å². The van der Waals surface area contributed by atoms with Crippen LogP contribution in [0.15, 0.2) is 23.0 Å². The number of pyridine rings is 1. The van der Waals surface area contributed by atoms with Gasteiger partial charge >= 0.3 is 0 Å². The number of aromatic amines is 1. The molecule has 9 nitrogen and oxygen atoms in total. The summed E-state index contributed by atoms with van der Waals surface area (Å²) in [6.07, 6.45) is 3.04. The second-order valence-corrected chi connectivity index (χ2v) is 8.91. The van der Waals surface area contributed by atoms with E-state index in [0.29, 0.717) is 19.7 Å². The Balaban J connectivity index is 1.69. The third-order valence-electron chi connectivity index (χ3n) is 6.42. The van der Waals surface area contributed by atoms with Gasteiger partial charge in [0.25, 0.3) is 5.56 Å². The molecule has 9 heteroatoms. The molecule has 2 unspecified atom stereocenters. The summed E-state index contributed by atoms with van der Waals surface area (Å²) in [5, 5.41) is 13.5. The van der Waals surface area contributed by atoms with Crippen LogP contribution in [-0.2, 0) is 22.6 Å². The first kappa shape index (κ1) is 23.5. The zero-order valence-corrected chi connectivity index (χ0v) is 20.0. The molecule has 0 aliphatic carbocycles. The number of nitrogens with one attached hydrogen (secondary N) is 1. The fourth-order valence-corrected chi connectivity index (χ4v) is 4.80. The molecule has 4 rings (SSSR count). The van der Waals surface area contributed by atoms with Gasteiger partial charge in [0, 0.05) is 43.3 Å². The minimum atomic E-state index is -0.0568. The topological polar surface area (TPSA) is 98.2 Å². The van der Waals surface area contributed by atoms with E-state index in [9.17, 15) is 4.79 Å². The third-order valence-corrected chi connectivity index (χ3v) is 6.42. The number of methoxy groups -OCH3 is 1. The van der Waals surface area contributed by atoms with Crippen molar-refractivity contribution in [1.82, 2.24) is 30.1 Å². The van der Waals surface area contributed by atoms with Crippen LogP contribution in [0, 0.1) is 13.8 Å². The lowest BCUT2D eigenvalue weighted by Crippen LogP contribution is -2.38. The maximum atomic E-state index is 13.1. The van der Waals surface area contributed by atoms with Crippen molar-refractivity contribution < 1.29 is 9.47 Å². The first-order chi connectivity index (χ1) is 16.0. The molecule has 178 valence electrons. The molecule has 1 aromatic carbocycles. The number of nitrogens with zero attached hydrogens (tertiary/aromatic N) is 5. The average Bonchev–Trinajstić information content (AvgIpc) is 3.46. The van der Waals surface area contributed by atoms with Gasteiger partial charge in [-0.1, -0.05) is 13.0 Å². The maximum absolute atomic E-state index is 13.1. The molecule has 1 saturated heterocycles. The highest BCUT2D eigenvalue weighted by Crippen LogP contribution is 2.27. The van der Waals surface area contributed by atoms with E-state index in [-0.39, 0.29) is 17.7 Å². The molecule has 2 aromatic heterocycles. The summed E-state index contributed by atoms with van der Waals surface area (Å²) < 4.78 is 13.0. The van der Waals surface area contributed by atoms with Crippen LogP contribution in [0.1, 0.15) is 54.7 Å². The third kappa shape index (κ3) is 5.31. The number of H-pyrrole nitrogens is 1. The Morgan fingerprint density at radius 2 is 2.18 bits per heavy atom. The van der Waals surface area contributed by atoms with E-state index in [1.54, 1.807) is 11.8 Å². The molecule has 1 aliphatic heterocycles. The lowest BCUT2D eigenvalue weighted by atomic mass is 10.0. The van der Waals surface area contributed by atoms with Gasteiger partial charge in [-0.05, 0) is 66.8 Å². The molecular weight excluding hydrogens is 420 g/mol. The average molecular weight is 455 g/mol. The summed E-state index contributed by atoms with van der Waals surface area (Å²) >= 11 is 0. The van der Waals surface area contributed by atoms with Gasteiger partial charge in [0.05, 0.1) is 25.3 Å². The fraction of sp³-hybridized carbons (Fsp3) is 0.583. The number of aryl methyl sites for hydroxylation is 2. The van der Waals surface area contributed by atoms with E-state index < -0.39 is 0 Å². The molecule has 3 aromatic rings. The van der Waals surface area contributed by atoms with Crippen LogP contribution in [0.5, 0.6) is 0 Å². The van der Waals surface area contributed by atoms with Gasteiger partial charge in [-0.3, -0.25) is 9.69 Å². The predicted molar refractivity (Wildman–Crippen MR) is 126 cm³/mol. The van der Waals surface area contributed by atoms with Crippen molar-refractivity contribution in [3.8, 4) is 0 Å². The van der Waals surface area contributed by atoms with Gasteiger partial charge < -0.3 is 14.5 Å². The predicted octanol–water partition coefficient (Wildman–Crippen LogP) is 2.91. The minimum absolute atomic E-state index is 0.0460. The molecule has 0 radical (unpaired) electrons. The Kier molecular flexibility index (Phi) is 7.52. The van der Waals surface area contributed by atoms with Crippen LogP contribution in [0.2, 0.25) is 0 Å². The van der Waals surface area contributed by atoms with E-state index in [4.69, 9.17) is 9.47 Å². The molecule has 0 saturated carbocycles. The number of aromatic nitrogens is 5. The standard InChI is InChI=1S/C24H34N6O3/c1-5-22(23-26-27-28-30(23)8-10-32-4)29(15-19-7-6-9-33-19)14-18-13-20-17(3)11-16(2)12-21(20)25-24(18)31/h11-13,19,22H,5-10,14-15H2,1-4H3,(H,25,31). The van der Waals surface area contributed by atoms with E-state index in [2.05, 4.69) is 45.3 Å². The number of benzene rings is 1. The summed E-state index contributed by atoms with van der Waals surface area (Å²) in [7, 11) is 1.67. The molecule has 2 atom stereocenters. The second kappa shape index (κ2) is 10.5. The van der Waals surface area contributed by atoms with Crippen molar-refractivity contribution in [1.29, 1.82) is 0 Å². The van der Waals surface area contributed by atoms with Crippen LogP contribution >= 0.6 is 0 Å². The van der Waals surface area contributed by atoms with E-state index >= 15 is 0 Å². The van der Waals surface area contributed by atoms with E-state index in [1.807, 2.05) is 19.1 Å².